The zero-order valence-corrected chi connectivity index (χ0v) is 16.7. The van der Waals surface area contributed by atoms with Crippen LogP contribution in [0.5, 0.6) is 5.75 Å². The molecule has 1 aliphatic rings. The van der Waals surface area contributed by atoms with E-state index in [0.29, 0.717) is 22.8 Å². The summed E-state index contributed by atoms with van der Waals surface area (Å²) in [7, 11) is 0. The van der Waals surface area contributed by atoms with Crippen LogP contribution in [-0.4, -0.2) is 12.6 Å². The molecule has 150 valence electrons. The van der Waals surface area contributed by atoms with Crippen LogP contribution in [0.15, 0.2) is 51.7 Å². The number of fused-ring (bicyclic) bond motifs is 2. The van der Waals surface area contributed by atoms with Crippen molar-refractivity contribution < 1.29 is 18.7 Å². The molecule has 2 aromatic carbocycles. The molecule has 5 nitrogen and oxygen atoms in total. The normalized spacial score (nSPS) is 12.9. The van der Waals surface area contributed by atoms with Crippen LogP contribution in [0.25, 0.3) is 11.0 Å². The van der Waals surface area contributed by atoms with Crippen molar-refractivity contribution in [3.8, 4) is 5.75 Å². The van der Waals surface area contributed by atoms with Gasteiger partial charge in [-0.25, -0.2) is 9.59 Å². The standard InChI is InChI=1S/C24H24O5/c1-15(2)19-8-3-4-9-21(19)27-14-24(26)28-13-18-12-23(25)29-22-11-17-7-5-6-16(17)10-20(18)22/h3-4,8-12,15H,5-7,13-14H2,1-2H3. The van der Waals surface area contributed by atoms with E-state index in [4.69, 9.17) is 13.9 Å². The summed E-state index contributed by atoms with van der Waals surface area (Å²) in [4.78, 5) is 24.2. The Hall–Kier alpha value is -3.08. The smallest absolute Gasteiger partial charge is 0.344 e. The Morgan fingerprint density at radius 3 is 2.66 bits per heavy atom. The molecule has 1 aromatic heterocycles. The van der Waals surface area contributed by atoms with Crippen molar-refractivity contribution in [3.63, 3.8) is 0 Å². The van der Waals surface area contributed by atoms with Crippen molar-refractivity contribution in [3.05, 3.63) is 75.1 Å². The number of aryl methyl sites for hydroxylation is 2. The van der Waals surface area contributed by atoms with Gasteiger partial charge in [-0.15, -0.1) is 0 Å². The van der Waals surface area contributed by atoms with Crippen molar-refractivity contribution in [1.82, 2.24) is 0 Å². The van der Waals surface area contributed by atoms with Gasteiger partial charge in [0, 0.05) is 17.0 Å². The first kappa shape index (κ1) is 19.2. The molecule has 4 rings (SSSR count). The average Bonchev–Trinajstić information content (AvgIpc) is 3.16. The van der Waals surface area contributed by atoms with E-state index in [1.165, 1.54) is 17.2 Å². The highest BCUT2D eigenvalue weighted by atomic mass is 16.6. The second kappa shape index (κ2) is 8.11. The quantitative estimate of drug-likeness (QED) is 0.456. The number of benzene rings is 2. The van der Waals surface area contributed by atoms with Crippen LogP contribution < -0.4 is 10.4 Å². The van der Waals surface area contributed by atoms with Gasteiger partial charge < -0.3 is 13.9 Å². The lowest BCUT2D eigenvalue weighted by molar-refractivity contribution is -0.147. The van der Waals surface area contributed by atoms with Gasteiger partial charge in [0.15, 0.2) is 6.61 Å². The highest BCUT2D eigenvalue weighted by molar-refractivity contribution is 5.82. The van der Waals surface area contributed by atoms with Crippen molar-refractivity contribution >= 4 is 16.9 Å². The second-order valence-corrected chi connectivity index (χ2v) is 7.70. The van der Waals surface area contributed by atoms with Crippen molar-refractivity contribution in [2.45, 2.75) is 45.6 Å². The zero-order valence-electron chi connectivity index (χ0n) is 16.7. The van der Waals surface area contributed by atoms with E-state index >= 15 is 0 Å². The molecule has 1 heterocycles. The number of esters is 1. The van der Waals surface area contributed by atoms with E-state index < -0.39 is 11.6 Å². The minimum Gasteiger partial charge on any atom is -0.482 e. The largest absolute Gasteiger partial charge is 0.482 e. The number of para-hydroxylation sites is 1. The molecule has 0 saturated heterocycles. The molecule has 5 heteroatoms. The van der Waals surface area contributed by atoms with Crippen molar-refractivity contribution in [2.75, 3.05) is 6.61 Å². The fourth-order valence-corrected chi connectivity index (χ4v) is 3.84. The highest BCUT2D eigenvalue weighted by Crippen LogP contribution is 2.29. The molecule has 1 aliphatic carbocycles. The summed E-state index contributed by atoms with van der Waals surface area (Å²) in [6.45, 7) is 3.97. The number of carbonyl (C=O) groups is 1. The molecule has 0 saturated carbocycles. The third-order valence-corrected chi connectivity index (χ3v) is 5.32. The fourth-order valence-electron chi connectivity index (χ4n) is 3.84. The van der Waals surface area contributed by atoms with Crippen LogP contribution in [0.4, 0.5) is 0 Å². The molecule has 0 radical (unpaired) electrons. The Bertz CT molecular complexity index is 1110. The van der Waals surface area contributed by atoms with E-state index in [-0.39, 0.29) is 13.2 Å². The first-order valence-corrected chi connectivity index (χ1v) is 9.97. The predicted molar refractivity (Wildman–Crippen MR) is 110 cm³/mol. The van der Waals surface area contributed by atoms with E-state index in [9.17, 15) is 9.59 Å². The van der Waals surface area contributed by atoms with Crippen LogP contribution in [0, 0.1) is 0 Å². The number of hydrogen-bond donors (Lipinski definition) is 0. The maximum absolute atomic E-state index is 12.2. The third-order valence-electron chi connectivity index (χ3n) is 5.32. The van der Waals surface area contributed by atoms with Gasteiger partial charge in [0.05, 0.1) is 0 Å². The van der Waals surface area contributed by atoms with Crippen LogP contribution in [0.2, 0.25) is 0 Å². The summed E-state index contributed by atoms with van der Waals surface area (Å²) in [6.07, 6.45) is 3.13. The number of carbonyl (C=O) groups excluding carboxylic acids is 1. The second-order valence-electron chi connectivity index (χ2n) is 7.70. The number of rotatable bonds is 6. The third kappa shape index (κ3) is 4.19. The number of hydrogen-bond acceptors (Lipinski definition) is 5. The molecule has 0 aliphatic heterocycles. The molecule has 29 heavy (non-hydrogen) atoms. The van der Waals surface area contributed by atoms with Gasteiger partial charge >= 0.3 is 11.6 Å². The summed E-state index contributed by atoms with van der Waals surface area (Å²) < 4.78 is 16.4. The fraction of sp³-hybridized carbons (Fsp3) is 0.333. The molecular weight excluding hydrogens is 368 g/mol. The Labute approximate surface area is 169 Å². The first-order valence-electron chi connectivity index (χ1n) is 9.97. The van der Waals surface area contributed by atoms with Crippen LogP contribution in [0.1, 0.15) is 48.4 Å². The molecule has 0 N–H and O–H groups in total. The maximum Gasteiger partial charge on any atom is 0.344 e. The van der Waals surface area contributed by atoms with Gasteiger partial charge in [0.2, 0.25) is 0 Å². The van der Waals surface area contributed by atoms with Gasteiger partial charge in [0.1, 0.15) is 17.9 Å². The first-order chi connectivity index (χ1) is 14.0. The van der Waals surface area contributed by atoms with Crippen molar-refractivity contribution in [1.29, 1.82) is 0 Å². The van der Waals surface area contributed by atoms with E-state index in [1.54, 1.807) is 0 Å². The van der Waals surface area contributed by atoms with Gasteiger partial charge in [-0.1, -0.05) is 32.0 Å². The lowest BCUT2D eigenvalue weighted by atomic mass is 10.0. The predicted octanol–water partition coefficient (Wildman–Crippen LogP) is 4.53. The molecule has 0 bridgehead atoms. The van der Waals surface area contributed by atoms with Crippen LogP contribution >= 0.6 is 0 Å². The minimum atomic E-state index is -0.480. The lowest BCUT2D eigenvalue weighted by Crippen LogP contribution is -2.16. The molecular formula is C24H24O5. The van der Waals surface area contributed by atoms with E-state index in [2.05, 4.69) is 19.9 Å². The highest BCUT2D eigenvalue weighted by Gasteiger charge is 2.16. The lowest BCUT2D eigenvalue weighted by Gasteiger charge is -2.13. The Kier molecular flexibility index (Phi) is 5.38. The van der Waals surface area contributed by atoms with Gasteiger partial charge in [-0.3, -0.25) is 0 Å². The number of ether oxygens (including phenoxy) is 2. The summed E-state index contributed by atoms with van der Waals surface area (Å²) in [5.41, 5.74) is 4.30. The van der Waals surface area contributed by atoms with Crippen molar-refractivity contribution in [2.24, 2.45) is 0 Å². The average molecular weight is 392 g/mol. The summed E-state index contributed by atoms with van der Waals surface area (Å²) in [5.74, 6) is 0.491. The Morgan fingerprint density at radius 2 is 1.86 bits per heavy atom. The zero-order chi connectivity index (χ0) is 20.4. The van der Waals surface area contributed by atoms with Crippen LogP contribution in [0.3, 0.4) is 0 Å². The van der Waals surface area contributed by atoms with E-state index in [0.717, 1.165) is 30.2 Å². The van der Waals surface area contributed by atoms with Gasteiger partial charge in [-0.05, 0) is 60.1 Å². The summed E-state index contributed by atoms with van der Waals surface area (Å²) >= 11 is 0. The SMILES string of the molecule is CC(C)c1ccccc1OCC(=O)OCc1cc(=O)oc2cc3c(cc12)CCC3. The van der Waals surface area contributed by atoms with Gasteiger partial charge in [0.25, 0.3) is 0 Å². The summed E-state index contributed by atoms with van der Waals surface area (Å²) in [5, 5.41) is 0.823. The molecule has 0 spiro atoms. The van der Waals surface area contributed by atoms with E-state index in [1.807, 2.05) is 30.3 Å². The monoisotopic (exact) mass is 392 g/mol. The van der Waals surface area contributed by atoms with Crippen LogP contribution in [-0.2, 0) is 29.0 Å². The Balaban J connectivity index is 1.46. The molecule has 0 fully saturated rings. The molecule has 0 atom stereocenters. The molecule has 0 unspecified atom stereocenters. The maximum atomic E-state index is 12.2. The molecule has 0 amide bonds. The molecule has 3 aromatic rings. The van der Waals surface area contributed by atoms with Gasteiger partial charge in [-0.2, -0.15) is 0 Å². The Morgan fingerprint density at radius 1 is 1.10 bits per heavy atom. The topological polar surface area (TPSA) is 65.7 Å². The minimum absolute atomic E-state index is 0.00884. The summed E-state index contributed by atoms with van der Waals surface area (Å²) in [6, 6.07) is 13.0.